The van der Waals surface area contributed by atoms with Gasteiger partial charge in [0.05, 0.1) is 21.3 Å². The van der Waals surface area contributed by atoms with Gasteiger partial charge in [-0.05, 0) is 12.5 Å². The van der Waals surface area contributed by atoms with Crippen LogP contribution in [-0.2, 0) is 6.42 Å². The van der Waals surface area contributed by atoms with Crippen molar-refractivity contribution in [2.45, 2.75) is 6.42 Å². The topological polar surface area (TPSA) is 43.0 Å². The SMILES string of the molecule is COc1cc(CCN2CCNCC2)c(OC)c(OC)c1. The van der Waals surface area contributed by atoms with Crippen LogP contribution in [0.1, 0.15) is 5.56 Å². The van der Waals surface area contributed by atoms with Crippen LogP contribution in [-0.4, -0.2) is 59.0 Å². The lowest BCUT2D eigenvalue weighted by Crippen LogP contribution is -2.44. The summed E-state index contributed by atoms with van der Waals surface area (Å²) in [6.45, 7) is 5.36. The molecule has 0 unspecified atom stereocenters. The number of hydrogen-bond acceptors (Lipinski definition) is 5. The lowest BCUT2D eigenvalue weighted by molar-refractivity contribution is 0.242. The van der Waals surface area contributed by atoms with Crippen molar-refractivity contribution in [1.29, 1.82) is 0 Å². The second kappa shape index (κ2) is 7.36. The van der Waals surface area contributed by atoms with E-state index in [4.69, 9.17) is 14.2 Å². The zero-order valence-corrected chi connectivity index (χ0v) is 12.6. The van der Waals surface area contributed by atoms with Crippen LogP contribution in [0.2, 0.25) is 0 Å². The van der Waals surface area contributed by atoms with Crippen molar-refractivity contribution in [3.05, 3.63) is 17.7 Å². The highest BCUT2D eigenvalue weighted by Gasteiger charge is 2.15. The van der Waals surface area contributed by atoms with Gasteiger partial charge in [0, 0.05) is 44.4 Å². The Morgan fingerprint density at radius 1 is 1.05 bits per heavy atom. The smallest absolute Gasteiger partial charge is 0.164 e. The molecule has 1 aliphatic rings. The first-order valence-electron chi connectivity index (χ1n) is 7.00. The molecule has 2 rings (SSSR count). The van der Waals surface area contributed by atoms with E-state index < -0.39 is 0 Å². The quantitative estimate of drug-likeness (QED) is 0.847. The van der Waals surface area contributed by atoms with Crippen LogP contribution in [0.25, 0.3) is 0 Å². The Kier molecular flexibility index (Phi) is 5.49. The molecule has 1 heterocycles. The molecule has 0 bridgehead atoms. The maximum atomic E-state index is 5.50. The van der Waals surface area contributed by atoms with E-state index >= 15 is 0 Å². The third kappa shape index (κ3) is 3.55. The van der Waals surface area contributed by atoms with E-state index in [2.05, 4.69) is 10.2 Å². The first-order valence-corrected chi connectivity index (χ1v) is 7.00. The van der Waals surface area contributed by atoms with Crippen LogP contribution in [0.4, 0.5) is 0 Å². The van der Waals surface area contributed by atoms with E-state index in [1.54, 1.807) is 21.3 Å². The number of hydrogen-bond donors (Lipinski definition) is 1. The van der Waals surface area contributed by atoms with Crippen molar-refractivity contribution in [3.63, 3.8) is 0 Å². The van der Waals surface area contributed by atoms with Crippen LogP contribution < -0.4 is 19.5 Å². The summed E-state index contributed by atoms with van der Waals surface area (Å²) in [7, 11) is 5.00. The molecule has 5 heteroatoms. The second-order valence-electron chi connectivity index (χ2n) is 4.86. The van der Waals surface area contributed by atoms with E-state index in [0.29, 0.717) is 0 Å². The number of nitrogens with one attached hydrogen (secondary N) is 1. The predicted molar refractivity (Wildman–Crippen MR) is 79.1 cm³/mol. The molecule has 1 saturated heterocycles. The molecule has 20 heavy (non-hydrogen) atoms. The lowest BCUT2D eigenvalue weighted by atomic mass is 10.1. The van der Waals surface area contributed by atoms with Crippen molar-refractivity contribution in [3.8, 4) is 17.2 Å². The summed E-state index contributed by atoms with van der Waals surface area (Å²) in [5, 5.41) is 3.37. The Morgan fingerprint density at radius 3 is 2.40 bits per heavy atom. The minimum Gasteiger partial charge on any atom is -0.497 e. The summed E-state index contributed by atoms with van der Waals surface area (Å²) in [6, 6.07) is 3.89. The van der Waals surface area contributed by atoms with E-state index in [1.807, 2.05) is 12.1 Å². The molecule has 0 spiro atoms. The van der Waals surface area contributed by atoms with Gasteiger partial charge in [0.2, 0.25) is 0 Å². The standard InChI is InChI=1S/C15H24N2O3/c1-18-13-10-12(15(20-3)14(11-13)19-2)4-7-17-8-5-16-6-9-17/h10-11,16H,4-9H2,1-3H3. The predicted octanol–water partition coefficient (Wildman–Crippen LogP) is 1.16. The van der Waals surface area contributed by atoms with Crippen LogP contribution in [0.3, 0.4) is 0 Å². The van der Waals surface area contributed by atoms with Gasteiger partial charge in [-0.15, -0.1) is 0 Å². The summed E-state index contributed by atoms with van der Waals surface area (Å²) < 4.78 is 16.2. The molecule has 1 aliphatic heterocycles. The van der Waals surface area contributed by atoms with Crippen molar-refractivity contribution >= 4 is 0 Å². The molecule has 0 aliphatic carbocycles. The van der Waals surface area contributed by atoms with Gasteiger partial charge in [0.25, 0.3) is 0 Å². The molecule has 0 aromatic heterocycles. The first kappa shape index (κ1) is 14.9. The summed E-state index contributed by atoms with van der Waals surface area (Å²) in [4.78, 5) is 2.46. The van der Waals surface area contributed by atoms with Gasteiger partial charge in [0.1, 0.15) is 5.75 Å². The monoisotopic (exact) mass is 280 g/mol. The zero-order valence-electron chi connectivity index (χ0n) is 12.6. The molecule has 0 atom stereocenters. The van der Waals surface area contributed by atoms with Crippen molar-refractivity contribution in [2.75, 3.05) is 54.1 Å². The van der Waals surface area contributed by atoms with Gasteiger partial charge in [-0.25, -0.2) is 0 Å². The summed E-state index contributed by atoms with van der Waals surface area (Å²) >= 11 is 0. The number of methoxy groups -OCH3 is 3. The molecule has 1 fully saturated rings. The fraction of sp³-hybridized carbons (Fsp3) is 0.600. The average molecular weight is 280 g/mol. The van der Waals surface area contributed by atoms with E-state index in [1.165, 1.54) is 0 Å². The average Bonchev–Trinajstić information content (AvgIpc) is 2.52. The van der Waals surface area contributed by atoms with Gasteiger partial charge in [-0.1, -0.05) is 0 Å². The normalized spacial score (nSPS) is 15.9. The molecule has 1 N–H and O–H groups in total. The highest BCUT2D eigenvalue weighted by Crippen LogP contribution is 2.35. The van der Waals surface area contributed by atoms with Crippen LogP contribution >= 0.6 is 0 Å². The molecular weight excluding hydrogens is 256 g/mol. The number of rotatable bonds is 6. The lowest BCUT2D eigenvalue weighted by Gasteiger charge is -2.27. The summed E-state index contributed by atoms with van der Waals surface area (Å²) in [5.41, 5.74) is 1.13. The number of nitrogens with zero attached hydrogens (tertiary/aromatic N) is 1. The first-order chi connectivity index (χ1) is 9.78. The van der Waals surface area contributed by atoms with Crippen molar-refractivity contribution < 1.29 is 14.2 Å². The molecular formula is C15H24N2O3. The summed E-state index contributed by atoms with van der Waals surface area (Å²) in [6.07, 6.45) is 0.927. The number of benzene rings is 1. The highest BCUT2D eigenvalue weighted by atomic mass is 16.5. The molecule has 0 saturated carbocycles. The Balaban J connectivity index is 2.11. The molecule has 112 valence electrons. The second-order valence-corrected chi connectivity index (χ2v) is 4.86. The maximum absolute atomic E-state index is 5.50. The number of ether oxygens (including phenoxy) is 3. The van der Waals surface area contributed by atoms with Crippen LogP contribution in [0.15, 0.2) is 12.1 Å². The third-order valence-electron chi connectivity index (χ3n) is 3.67. The summed E-state index contributed by atoms with van der Waals surface area (Å²) in [5.74, 6) is 2.34. The highest BCUT2D eigenvalue weighted by molar-refractivity contribution is 5.52. The Bertz CT molecular complexity index is 431. The minimum absolute atomic E-state index is 0.724. The molecule has 0 amide bonds. The third-order valence-corrected chi connectivity index (χ3v) is 3.67. The van der Waals surface area contributed by atoms with Gasteiger partial charge in [-0.2, -0.15) is 0 Å². The largest absolute Gasteiger partial charge is 0.497 e. The van der Waals surface area contributed by atoms with E-state index in [9.17, 15) is 0 Å². The van der Waals surface area contributed by atoms with E-state index in [-0.39, 0.29) is 0 Å². The molecule has 0 radical (unpaired) electrons. The van der Waals surface area contributed by atoms with Gasteiger partial charge >= 0.3 is 0 Å². The molecule has 1 aromatic carbocycles. The maximum Gasteiger partial charge on any atom is 0.164 e. The fourth-order valence-electron chi connectivity index (χ4n) is 2.53. The van der Waals surface area contributed by atoms with E-state index in [0.717, 1.165) is 62.0 Å². The molecule has 5 nitrogen and oxygen atoms in total. The Hall–Kier alpha value is -1.46. The van der Waals surface area contributed by atoms with Crippen molar-refractivity contribution in [1.82, 2.24) is 10.2 Å². The molecule has 1 aromatic rings. The minimum atomic E-state index is 0.724. The number of piperazine rings is 1. The Morgan fingerprint density at radius 2 is 1.80 bits per heavy atom. The van der Waals surface area contributed by atoms with Crippen LogP contribution in [0.5, 0.6) is 17.2 Å². The zero-order chi connectivity index (χ0) is 14.4. The van der Waals surface area contributed by atoms with Gasteiger partial charge in [-0.3, -0.25) is 0 Å². The van der Waals surface area contributed by atoms with Crippen LogP contribution in [0, 0.1) is 0 Å². The van der Waals surface area contributed by atoms with Gasteiger partial charge in [0.15, 0.2) is 11.5 Å². The fourth-order valence-corrected chi connectivity index (χ4v) is 2.53. The Labute approximate surface area is 120 Å². The van der Waals surface area contributed by atoms with Crippen molar-refractivity contribution in [2.24, 2.45) is 0 Å². The van der Waals surface area contributed by atoms with Gasteiger partial charge < -0.3 is 24.4 Å².